The summed E-state index contributed by atoms with van der Waals surface area (Å²) in [5, 5.41) is 3.12. The molecule has 1 N–H and O–H groups in total. The highest BCUT2D eigenvalue weighted by molar-refractivity contribution is 6.30. The van der Waals surface area contributed by atoms with Gasteiger partial charge in [-0.2, -0.15) is 0 Å². The molecule has 0 spiro atoms. The molecule has 0 unspecified atom stereocenters. The molecule has 0 aliphatic heterocycles. The molecule has 0 bridgehead atoms. The van der Waals surface area contributed by atoms with E-state index in [0.29, 0.717) is 5.02 Å². The second kappa shape index (κ2) is 4.33. The summed E-state index contributed by atoms with van der Waals surface area (Å²) in [6, 6.07) is 3.09. The molecule has 1 heterocycles. The largest absolute Gasteiger partial charge is 0.335 e. The van der Waals surface area contributed by atoms with Gasteiger partial charge >= 0.3 is 0 Å². The Hall–Kier alpha value is -1.53. The van der Waals surface area contributed by atoms with Crippen LogP contribution in [0, 0.1) is 12.3 Å². The molecule has 0 aliphatic rings. The minimum atomic E-state index is -0.693. The van der Waals surface area contributed by atoms with E-state index in [1.165, 1.54) is 12.3 Å². The molecule has 0 aromatic carbocycles. The Bertz CT molecular complexity index is 421. The first-order chi connectivity index (χ1) is 6.94. The van der Waals surface area contributed by atoms with Gasteiger partial charge in [-0.05, 0) is 26.0 Å². The molecule has 3 nitrogen and oxygen atoms in total. The average molecular weight is 223 g/mol. The maximum absolute atomic E-state index is 11.6. The Labute approximate surface area is 93.9 Å². The first-order valence-electron chi connectivity index (χ1n) is 4.36. The van der Waals surface area contributed by atoms with E-state index in [9.17, 15) is 4.79 Å². The number of aromatic nitrogens is 1. The van der Waals surface area contributed by atoms with E-state index in [1.54, 1.807) is 19.9 Å². The van der Waals surface area contributed by atoms with Crippen LogP contribution in [0.2, 0.25) is 5.02 Å². The lowest BCUT2D eigenvalue weighted by atomic mass is 10.1. The van der Waals surface area contributed by atoms with Gasteiger partial charge in [0.25, 0.3) is 5.91 Å². The summed E-state index contributed by atoms with van der Waals surface area (Å²) >= 11 is 5.73. The lowest BCUT2D eigenvalue weighted by Crippen LogP contribution is -2.42. The van der Waals surface area contributed by atoms with Crippen molar-refractivity contribution in [2.24, 2.45) is 0 Å². The Morgan fingerprint density at radius 2 is 2.33 bits per heavy atom. The second-order valence-corrected chi connectivity index (χ2v) is 4.02. The Kier molecular flexibility index (Phi) is 3.33. The fraction of sp³-hybridized carbons (Fsp3) is 0.273. The van der Waals surface area contributed by atoms with Gasteiger partial charge in [-0.15, -0.1) is 6.42 Å². The predicted octanol–water partition coefficient (Wildman–Crippen LogP) is 1.88. The molecule has 78 valence electrons. The van der Waals surface area contributed by atoms with Gasteiger partial charge in [0.05, 0.1) is 5.54 Å². The topological polar surface area (TPSA) is 42.0 Å². The molecule has 1 rings (SSSR count). The Balaban J connectivity index is 2.84. The van der Waals surface area contributed by atoms with E-state index >= 15 is 0 Å². The van der Waals surface area contributed by atoms with Crippen LogP contribution in [0.3, 0.4) is 0 Å². The third kappa shape index (κ3) is 3.26. The van der Waals surface area contributed by atoms with Gasteiger partial charge in [-0.3, -0.25) is 9.78 Å². The SMILES string of the molecule is C#CC(C)(C)NC(=O)c1cc(Cl)ccn1. The molecule has 1 aromatic heterocycles. The zero-order valence-corrected chi connectivity index (χ0v) is 9.30. The van der Waals surface area contributed by atoms with Crippen LogP contribution in [0.5, 0.6) is 0 Å². The van der Waals surface area contributed by atoms with Gasteiger partial charge in [-0.1, -0.05) is 17.5 Å². The van der Waals surface area contributed by atoms with Crippen LogP contribution in [-0.4, -0.2) is 16.4 Å². The molecule has 1 amide bonds. The summed E-state index contributed by atoms with van der Waals surface area (Å²) in [4.78, 5) is 15.5. The average Bonchev–Trinajstić information content (AvgIpc) is 2.17. The van der Waals surface area contributed by atoms with Crippen LogP contribution in [0.1, 0.15) is 24.3 Å². The van der Waals surface area contributed by atoms with E-state index in [0.717, 1.165) is 0 Å². The van der Waals surface area contributed by atoms with Crippen molar-refractivity contribution in [3.63, 3.8) is 0 Å². The normalized spacial score (nSPS) is 10.5. The van der Waals surface area contributed by atoms with Crippen LogP contribution in [0.4, 0.5) is 0 Å². The van der Waals surface area contributed by atoms with Crippen molar-refractivity contribution in [2.45, 2.75) is 19.4 Å². The maximum atomic E-state index is 11.6. The molecule has 1 aromatic rings. The van der Waals surface area contributed by atoms with Crippen molar-refractivity contribution < 1.29 is 4.79 Å². The number of carbonyl (C=O) groups is 1. The third-order valence-corrected chi connectivity index (χ3v) is 1.98. The molecular weight excluding hydrogens is 212 g/mol. The minimum Gasteiger partial charge on any atom is -0.335 e. The smallest absolute Gasteiger partial charge is 0.271 e. The highest BCUT2D eigenvalue weighted by Crippen LogP contribution is 2.09. The summed E-state index contributed by atoms with van der Waals surface area (Å²) in [6.07, 6.45) is 6.72. The van der Waals surface area contributed by atoms with Crippen LogP contribution in [0.15, 0.2) is 18.3 Å². The highest BCUT2D eigenvalue weighted by atomic mass is 35.5. The first-order valence-corrected chi connectivity index (χ1v) is 4.74. The number of nitrogens with zero attached hydrogens (tertiary/aromatic N) is 1. The van der Waals surface area contributed by atoms with Crippen LogP contribution < -0.4 is 5.32 Å². The highest BCUT2D eigenvalue weighted by Gasteiger charge is 2.18. The van der Waals surface area contributed by atoms with Gasteiger partial charge in [0.15, 0.2) is 0 Å². The number of pyridine rings is 1. The molecule has 0 saturated heterocycles. The van der Waals surface area contributed by atoms with Gasteiger partial charge in [0.2, 0.25) is 0 Å². The molecule has 0 atom stereocenters. The monoisotopic (exact) mass is 222 g/mol. The molecule has 0 aliphatic carbocycles. The zero-order chi connectivity index (χ0) is 11.5. The number of amides is 1. The van der Waals surface area contributed by atoms with Crippen molar-refractivity contribution in [2.75, 3.05) is 0 Å². The zero-order valence-electron chi connectivity index (χ0n) is 8.54. The van der Waals surface area contributed by atoms with E-state index < -0.39 is 5.54 Å². The quantitative estimate of drug-likeness (QED) is 0.777. The van der Waals surface area contributed by atoms with E-state index in [1.807, 2.05) is 0 Å². The third-order valence-electron chi connectivity index (χ3n) is 1.74. The Morgan fingerprint density at radius 1 is 1.67 bits per heavy atom. The van der Waals surface area contributed by atoms with Crippen LogP contribution in [0.25, 0.3) is 0 Å². The molecular formula is C11H11ClN2O. The first kappa shape index (κ1) is 11.5. The molecule has 0 fully saturated rings. The van der Waals surface area contributed by atoms with Crippen LogP contribution in [-0.2, 0) is 0 Å². The second-order valence-electron chi connectivity index (χ2n) is 3.58. The van der Waals surface area contributed by atoms with E-state index in [4.69, 9.17) is 18.0 Å². The molecule has 15 heavy (non-hydrogen) atoms. The minimum absolute atomic E-state index is 0.255. The number of halogens is 1. The van der Waals surface area contributed by atoms with Gasteiger partial charge in [0.1, 0.15) is 5.69 Å². The van der Waals surface area contributed by atoms with Crippen LogP contribution >= 0.6 is 11.6 Å². The predicted molar refractivity (Wildman–Crippen MR) is 59.6 cm³/mol. The molecule has 4 heteroatoms. The summed E-state index contributed by atoms with van der Waals surface area (Å²) in [7, 11) is 0. The summed E-state index contributed by atoms with van der Waals surface area (Å²) in [6.45, 7) is 3.46. The number of nitrogens with one attached hydrogen (secondary N) is 1. The fourth-order valence-corrected chi connectivity index (χ4v) is 1.07. The lowest BCUT2D eigenvalue weighted by Gasteiger charge is -2.19. The van der Waals surface area contributed by atoms with Crippen molar-refractivity contribution in [1.82, 2.24) is 10.3 Å². The lowest BCUT2D eigenvalue weighted by molar-refractivity contribution is 0.0925. The number of rotatable bonds is 2. The maximum Gasteiger partial charge on any atom is 0.271 e. The Morgan fingerprint density at radius 3 is 2.87 bits per heavy atom. The summed E-state index contributed by atoms with van der Waals surface area (Å²) in [5.41, 5.74) is -0.438. The van der Waals surface area contributed by atoms with E-state index in [-0.39, 0.29) is 11.6 Å². The van der Waals surface area contributed by atoms with E-state index in [2.05, 4.69) is 16.2 Å². The summed E-state index contributed by atoms with van der Waals surface area (Å²) < 4.78 is 0. The molecule has 0 radical (unpaired) electrons. The van der Waals surface area contributed by atoms with Crippen molar-refractivity contribution in [1.29, 1.82) is 0 Å². The molecule has 0 saturated carbocycles. The number of hydrogen-bond donors (Lipinski definition) is 1. The van der Waals surface area contributed by atoms with Crippen molar-refractivity contribution >= 4 is 17.5 Å². The van der Waals surface area contributed by atoms with Crippen molar-refractivity contribution in [3.05, 3.63) is 29.0 Å². The standard InChI is InChI=1S/C11H11ClN2O/c1-4-11(2,3)14-10(15)9-7-8(12)5-6-13-9/h1,5-7H,2-3H3,(H,14,15). The van der Waals surface area contributed by atoms with Crippen molar-refractivity contribution in [3.8, 4) is 12.3 Å². The number of terminal acetylenes is 1. The fourth-order valence-electron chi connectivity index (χ4n) is 0.913. The number of carbonyl (C=O) groups excluding carboxylic acids is 1. The van der Waals surface area contributed by atoms with Gasteiger partial charge in [-0.25, -0.2) is 0 Å². The summed E-state index contributed by atoms with van der Waals surface area (Å²) in [5.74, 6) is 2.13. The number of hydrogen-bond acceptors (Lipinski definition) is 2. The van der Waals surface area contributed by atoms with Gasteiger partial charge < -0.3 is 5.32 Å². The van der Waals surface area contributed by atoms with Gasteiger partial charge in [0, 0.05) is 11.2 Å².